The number of carbonyl (C=O) groups excluding carboxylic acids is 2. The van der Waals surface area contributed by atoms with Gasteiger partial charge in [0.25, 0.3) is 0 Å². The number of ether oxygens (including phenoxy) is 1. The van der Waals surface area contributed by atoms with Gasteiger partial charge in [-0.2, -0.15) is 0 Å². The molecule has 0 radical (unpaired) electrons. The molecule has 2 rings (SSSR count). The summed E-state index contributed by atoms with van der Waals surface area (Å²) in [6, 6.07) is 13.1. The number of ketones is 1. The van der Waals surface area contributed by atoms with E-state index in [2.05, 4.69) is 0 Å². The summed E-state index contributed by atoms with van der Waals surface area (Å²) in [6.07, 6.45) is 2.32. The van der Waals surface area contributed by atoms with Gasteiger partial charge in [-0.05, 0) is 24.5 Å². The van der Waals surface area contributed by atoms with Crippen molar-refractivity contribution in [3.8, 4) is 5.75 Å². The lowest BCUT2D eigenvalue weighted by Gasteiger charge is -2.05. The van der Waals surface area contributed by atoms with Crippen LogP contribution in [0.4, 0.5) is 0 Å². The quantitative estimate of drug-likeness (QED) is 0.470. The van der Waals surface area contributed by atoms with Crippen LogP contribution in [0.1, 0.15) is 6.92 Å². The molecule has 0 spiro atoms. The number of benzene rings is 2. The molecule has 90 valence electrons. The van der Waals surface area contributed by atoms with Crippen molar-refractivity contribution in [2.45, 2.75) is 6.92 Å². The maximum absolute atomic E-state index is 11.5. The first-order valence-corrected chi connectivity index (χ1v) is 5.55. The molecule has 0 aliphatic carbocycles. The molecule has 0 saturated heterocycles. The lowest BCUT2D eigenvalue weighted by atomic mass is 10.1. The zero-order chi connectivity index (χ0) is 13.0. The maximum Gasteiger partial charge on any atom is 0.336 e. The van der Waals surface area contributed by atoms with Crippen LogP contribution in [0.5, 0.6) is 5.75 Å². The summed E-state index contributed by atoms with van der Waals surface area (Å²) in [5.74, 6) is -0.252. The van der Waals surface area contributed by atoms with Crippen LogP contribution < -0.4 is 4.74 Å². The van der Waals surface area contributed by atoms with Crippen molar-refractivity contribution in [1.82, 2.24) is 0 Å². The third kappa shape index (κ3) is 2.83. The van der Waals surface area contributed by atoms with E-state index in [1.165, 1.54) is 13.0 Å². The maximum atomic E-state index is 11.5. The van der Waals surface area contributed by atoms with Gasteiger partial charge >= 0.3 is 5.97 Å². The summed E-state index contributed by atoms with van der Waals surface area (Å²) in [5, 5.41) is 1.86. The number of rotatable bonds is 3. The summed E-state index contributed by atoms with van der Waals surface area (Å²) >= 11 is 0. The van der Waals surface area contributed by atoms with Crippen LogP contribution in [0.25, 0.3) is 10.8 Å². The molecule has 0 aromatic heterocycles. The Morgan fingerprint density at radius 1 is 1.00 bits per heavy atom. The average Bonchev–Trinajstić information content (AvgIpc) is 2.37. The Balaban J connectivity index is 2.27. The number of esters is 1. The first kappa shape index (κ1) is 12.0. The highest BCUT2D eigenvalue weighted by atomic mass is 16.5. The minimum Gasteiger partial charge on any atom is -0.423 e. The Morgan fingerprint density at radius 2 is 1.72 bits per heavy atom. The molecule has 0 atom stereocenters. The molecule has 2 aromatic carbocycles. The van der Waals surface area contributed by atoms with Gasteiger partial charge in [0, 0.05) is 11.5 Å². The smallest absolute Gasteiger partial charge is 0.336 e. The van der Waals surface area contributed by atoms with Crippen molar-refractivity contribution in [2.24, 2.45) is 0 Å². The van der Waals surface area contributed by atoms with E-state index in [-0.39, 0.29) is 5.78 Å². The molecule has 3 nitrogen and oxygen atoms in total. The third-order valence-corrected chi connectivity index (χ3v) is 2.41. The largest absolute Gasteiger partial charge is 0.423 e. The first-order valence-electron chi connectivity index (χ1n) is 5.55. The van der Waals surface area contributed by atoms with Gasteiger partial charge in [-0.15, -0.1) is 0 Å². The molecule has 0 amide bonds. The van der Waals surface area contributed by atoms with E-state index in [0.29, 0.717) is 5.75 Å². The summed E-state index contributed by atoms with van der Waals surface area (Å²) in [5.41, 5.74) is 0. The van der Waals surface area contributed by atoms with E-state index in [9.17, 15) is 9.59 Å². The fourth-order valence-corrected chi connectivity index (χ4v) is 1.61. The monoisotopic (exact) mass is 240 g/mol. The molecule has 0 N–H and O–H groups in total. The van der Waals surface area contributed by atoms with Gasteiger partial charge in [0.2, 0.25) is 0 Å². The van der Waals surface area contributed by atoms with Crippen LogP contribution in [0, 0.1) is 0 Å². The second-order valence-electron chi connectivity index (χ2n) is 3.84. The van der Waals surface area contributed by atoms with E-state index in [1.807, 2.05) is 36.4 Å². The van der Waals surface area contributed by atoms with Gasteiger partial charge in [-0.3, -0.25) is 4.79 Å². The highest BCUT2D eigenvalue weighted by Crippen LogP contribution is 2.25. The van der Waals surface area contributed by atoms with Crippen molar-refractivity contribution in [3.05, 3.63) is 54.6 Å². The fourth-order valence-electron chi connectivity index (χ4n) is 1.61. The topological polar surface area (TPSA) is 43.4 Å². The number of carbonyl (C=O) groups is 2. The Labute approximate surface area is 105 Å². The van der Waals surface area contributed by atoms with E-state index in [0.717, 1.165) is 16.8 Å². The van der Waals surface area contributed by atoms with Crippen molar-refractivity contribution < 1.29 is 14.3 Å². The summed E-state index contributed by atoms with van der Waals surface area (Å²) in [7, 11) is 0. The standard InChI is InChI=1S/C15H12O3/c1-11(16)9-10-15(17)18-14-8-4-6-12-5-2-3-7-13(12)14/h2-10H,1H3. The average molecular weight is 240 g/mol. The second kappa shape index (κ2) is 5.27. The third-order valence-electron chi connectivity index (χ3n) is 2.41. The Kier molecular flexibility index (Phi) is 3.53. The van der Waals surface area contributed by atoms with Gasteiger partial charge in [0.15, 0.2) is 5.78 Å². The molecule has 0 aliphatic rings. The highest BCUT2D eigenvalue weighted by molar-refractivity contribution is 5.96. The predicted octanol–water partition coefficient (Wildman–Crippen LogP) is 2.89. The van der Waals surface area contributed by atoms with Gasteiger partial charge < -0.3 is 4.74 Å². The van der Waals surface area contributed by atoms with Crippen LogP contribution in [-0.4, -0.2) is 11.8 Å². The van der Waals surface area contributed by atoms with Crippen LogP contribution >= 0.6 is 0 Å². The van der Waals surface area contributed by atoms with Crippen LogP contribution in [0.2, 0.25) is 0 Å². The van der Waals surface area contributed by atoms with Gasteiger partial charge in [-0.25, -0.2) is 4.79 Å². The van der Waals surface area contributed by atoms with E-state index >= 15 is 0 Å². The summed E-state index contributed by atoms with van der Waals surface area (Å²) in [4.78, 5) is 22.2. The number of hydrogen-bond donors (Lipinski definition) is 0. The molecule has 0 fully saturated rings. The Morgan fingerprint density at radius 3 is 2.50 bits per heavy atom. The molecule has 0 unspecified atom stereocenters. The van der Waals surface area contributed by atoms with E-state index in [4.69, 9.17) is 4.74 Å². The number of fused-ring (bicyclic) bond motifs is 1. The predicted molar refractivity (Wildman–Crippen MR) is 69.4 cm³/mol. The minimum absolute atomic E-state index is 0.190. The molecule has 0 saturated carbocycles. The van der Waals surface area contributed by atoms with Gasteiger partial charge in [-0.1, -0.05) is 36.4 Å². The number of hydrogen-bond acceptors (Lipinski definition) is 3. The van der Waals surface area contributed by atoms with Gasteiger partial charge in [0.05, 0.1) is 0 Å². The minimum atomic E-state index is -0.554. The lowest BCUT2D eigenvalue weighted by Crippen LogP contribution is -2.04. The summed E-state index contributed by atoms with van der Waals surface area (Å²) in [6.45, 7) is 1.38. The van der Waals surface area contributed by atoms with E-state index < -0.39 is 5.97 Å². The second-order valence-corrected chi connectivity index (χ2v) is 3.84. The molecule has 18 heavy (non-hydrogen) atoms. The summed E-state index contributed by atoms with van der Waals surface area (Å²) < 4.78 is 5.20. The van der Waals surface area contributed by atoms with Crippen molar-refractivity contribution >= 4 is 22.5 Å². The lowest BCUT2D eigenvalue weighted by molar-refractivity contribution is -0.129. The normalized spacial score (nSPS) is 10.7. The zero-order valence-corrected chi connectivity index (χ0v) is 9.92. The SMILES string of the molecule is CC(=O)C=CC(=O)Oc1cccc2ccccc12. The van der Waals surface area contributed by atoms with Crippen LogP contribution in [0.15, 0.2) is 54.6 Å². The molecule has 0 heterocycles. The Bertz CT molecular complexity index is 621. The zero-order valence-electron chi connectivity index (χ0n) is 9.92. The molecule has 0 aliphatic heterocycles. The molecule has 3 heteroatoms. The fraction of sp³-hybridized carbons (Fsp3) is 0.0667. The highest BCUT2D eigenvalue weighted by Gasteiger charge is 2.04. The van der Waals surface area contributed by atoms with Gasteiger partial charge in [0.1, 0.15) is 5.75 Å². The molecular weight excluding hydrogens is 228 g/mol. The molecule has 0 bridgehead atoms. The van der Waals surface area contributed by atoms with E-state index in [1.54, 1.807) is 6.07 Å². The van der Waals surface area contributed by atoms with Crippen molar-refractivity contribution in [2.75, 3.05) is 0 Å². The van der Waals surface area contributed by atoms with Crippen molar-refractivity contribution in [3.63, 3.8) is 0 Å². The number of allylic oxidation sites excluding steroid dienone is 1. The molecular formula is C15H12O3. The first-order chi connectivity index (χ1) is 8.66. The Hall–Kier alpha value is -2.42. The van der Waals surface area contributed by atoms with Crippen LogP contribution in [-0.2, 0) is 9.59 Å². The van der Waals surface area contributed by atoms with Crippen molar-refractivity contribution in [1.29, 1.82) is 0 Å². The van der Waals surface area contributed by atoms with Crippen LogP contribution in [0.3, 0.4) is 0 Å². The molecule has 2 aromatic rings.